The molecule has 0 aliphatic heterocycles. The Morgan fingerprint density at radius 1 is 1.22 bits per heavy atom. The smallest absolute Gasteiger partial charge is 0.277 e. The molecule has 1 aromatic carbocycles. The van der Waals surface area contributed by atoms with Crippen LogP contribution in [0.1, 0.15) is 10.5 Å². The highest BCUT2D eigenvalue weighted by molar-refractivity contribution is 7.14. The number of nitrogens with one attached hydrogen (secondary N) is 2. The first-order valence-corrected chi connectivity index (χ1v) is 7.78. The maximum Gasteiger partial charge on any atom is 0.277 e. The van der Waals surface area contributed by atoms with Gasteiger partial charge in [0.25, 0.3) is 5.91 Å². The third-order valence-corrected chi connectivity index (χ3v) is 4.14. The average molecular weight is 321 g/mol. The minimum atomic E-state index is -0.321. The summed E-state index contributed by atoms with van der Waals surface area (Å²) < 4.78 is 0. The van der Waals surface area contributed by atoms with Crippen LogP contribution in [0.15, 0.2) is 54.4 Å². The number of amides is 1. The summed E-state index contributed by atoms with van der Waals surface area (Å²) in [5, 5.41) is 6.29. The highest BCUT2D eigenvalue weighted by Gasteiger charge is 2.13. The molecule has 6 nitrogen and oxygen atoms in total. The van der Waals surface area contributed by atoms with Gasteiger partial charge in [0, 0.05) is 40.4 Å². The summed E-state index contributed by atoms with van der Waals surface area (Å²) in [6.45, 7) is 0. The number of benzene rings is 1. The molecule has 2 N–H and O–H groups in total. The lowest BCUT2D eigenvalue weighted by Crippen LogP contribution is -2.13. The van der Waals surface area contributed by atoms with Gasteiger partial charge in [-0.3, -0.25) is 15.1 Å². The highest BCUT2D eigenvalue weighted by atomic mass is 32.1. The number of carbonyl (C=O) groups is 1. The lowest BCUT2D eigenvalue weighted by molar-refractivity contribution is 0.102. The Kier molecular flexibility index (Phi) is 3.32. The van der Waals surface area contributed by atoms with Crippen LogP contribution in [-0.4, -0.2) is 25.8 Å². The van der Waals surface area contributed by atoms with Crippen LogP contribution < -0.4 is 5.32 Å². The van der Waals surface area contributed by atoms with Crippen molar-refractivity contribution >= 4 is 33.3 Å². The quantitative estimate of drug-likeness (QED) is 0.606. The Labute approximate surface area is 135 Å². The van der Waals surface area contributed by atoms with Gasteiger partial charge in [-0.05, 0) is 6.07 Å². The number of hydrogen-bond acceptors (Lipinski definition) is 5. The van der Waals surface area contributed by atoms with E-state index in [-0.39, 0.29) is 11.6 Å². The van der Waals surface area contributed by atoms with Gasteiger partial charge in [0.05, 0.1) is 11.9 Å². The van der Waals surface area contributed by atoms with Gasteiger partial charge in [-0.1, -0.05) is 18.2 Å². The SMILES string of the molecule is O=C(Nc1nc(-c2c[nH]c3ccccc23)cs1)c1cnccn1. The van der Waals surface area contributed by atoms with Crippen molar-refractivity contribution in [3.05, 3.63) is 60.1 Å². The first kappa shape index (κ1) is 13.6. The maximum atomic E-state index is 12.1. The van der Waals surface area contributed by atoms with E-state index in [0.29, 0.717) is 5.13 Å². The van der Waals surface area contributed by atoms with Crippen LogP contribution in [0, 0.1) is 0 Å². The molecule has 112 valence electrons. The number of anilines is 1. The van der Waals surface area contributed by atoms with Gasteiger partial charge in [-0.15, -0.1) is 11.3 Å². The fourth-order valence-electron chi connectivity index (χ4n) is 2.32. The van der Waals surface area contributed by atoms with E-state index in [4.69, 9.17) is 0 Å². The predicted octanol–water partition coefficient (Wildman–Crippen LogP) is 3.33. The second-order valence-electron chi connectivity index (χ2n) is 4.83. The Bertz CT molecular complexity index is 976. The topological polar surface area (TPSA) is 83.6 Å². The van der Waals surface area contributed by atoms with Crippen LogP contribution in [0.4, 0.5) is 5.13 Å². The molecular formula is C16H11N5OS. The van der Waals surface area contributed by atoms with Gasteiger partial charge in [0.15, 0.2) is 5.13 Å². The maximum absolute atomic E-state index is 12.1. The molecule has 0 fully saturated rings. The molecule has 0 bridgehead atoms. The van der Waals surface area contributed by atoms with Crippen molar-refractivity contribution < 1.29 is 4.79 Å². The molecule has 0 unspecified atom stereocenters. The molecule has 0 radical (unpaired) electrons. The molecule has 0 saturated heterocycles. The minimum Gasteiger partial charge on any atom is -0.360 e. The van der Waals surface area contributed by atoms with Crippen LogP contribution >= 0.6 is 11.3 Å². The first-order chi connectivity index (χ1) is 11.3. The fraction of sp³-hybridized carbons (Fsp3) is 0. The first-order valence-electron chi connectivity index (χ1n) is 6.90. The van der Waals surface area contributed by atoms with Gasteiger partial charge < -0.3 is 4.98 Å². The Balaban J connectivity index is 1.61. The van der Waals surface area contributed by atoms with Crippen molar-refractivity contribution in [3.63, 3.8) is 0 Å². The predicted molar refractivity (Wildman–Crippen MR) is 89.4 cm³/mol. The van der Waals surface area contributed by atoms with Crippen molar-refractivity contribution in [2.75, 3.05) is 5.32 Å². The van der Waals surface area contributed by atoms with Gasteiger partial charge >= 0.3 is 0 Å². The molecular weight excluding hydrogens is 310 g/mol. The molecule has 0 aliphatic rings. The van der Waals surface area contributed by atoms with Crippen molar-refractivity contribution in [1.29, 1.82) is 0 Å². The monoisotopic (exact) mass is 321 g/mol. The number of aromatic nitrogens is 4. The van der Waals surface area contributed by atoms with E-state index in [1.54, 1.807) is 0 Å². The van der Waals surface area contributed by atoms with Gasteiger partial charge in [0.2, 0.25) is 0 Å². The van der Waals surface area contributed by atoms with Crippen molar-refractivity contribution in [1.82, 2.24) is 19.9 Å². The second kappa shape index (κ2) is 5.62. The number of rotatable bonds is 3. The lowest BCUT2D eigenvalue weighted by Gasteiger charge is -1.99. The summed E-state index contributed by atoms with van der Waals surface area (Å²) in [4.78, 5) is 27.6. The summed E-state index contributed by atoms with van der Waals surface area (Å²) in [6, 6.07) is 8.03. The Hall–Kier alpha value is -3.06. The fourth-order valence-corrected chi connectivity index (χ4v) is 3.02. The van der Waals surface area contributed by atoms with Crippen LogP contribution in [0.5, 0.6) is 0 Å². The molecule has 0 saturated carbocycles. The number of hydrogen-bond donors (Lipinski definition) is 2. The molecule has 3 aromatic heterocycles. The Morgan fingerprint density at radius 2 is 2.13 bits per heavy atom. The molecule has 7 heteroatoms. The minimum absolute atomic E-state index is 0.261. The zero-order valence-electron chi connectivity index (χ0n) is 11.9. The van der Waals surface area contributed by atoms with Gasteiger partial charge in [-0.25, -0.2) is 9.97 Å². The van der Waals surface area contributed by atoms with Crippen LogP contribution in [0.2, 0.25) is 0 Å². The van der Waals surface area contributed by atoms with Crippen molar-refractivity contribution in [2.24, 2.45) is 0 Å². The summed E-state index contributed by atoms with van der Waals surface area (Å²) in [6.07, 6.45) is 6.35. The number of fused-ring (bicyclic) bond motifs is 1. The molecule has 4 rings (SSSR count). The summed E-state index contributed by atoms with van der Waals surface area (Å²) in [5.74, 6) is -0.321. The number of thiazole rings is 1. The third kappa shape index (κ3) is 2.58. The van der Waals surface area contributed by atoms with Crippen molar-refractivity contribution in [3.8, 4) is 11.3 Å². The van der Waals surface area contributed by atoms with Gasteiger partial charge in [0.1, 0.15) is 5.69 Å². The van der Waals surface area contributed by atoms with Crippen molar-refractivity contribution in [2.45, 2.75) is 0 Å². The number of nitrogens with zero attached hydrogens (tertiary/aromatic N) is 3. The third-order valence-electron chi connectivity index (χ3n) is 3.39. The van der Waals surface area contributed by atoms with E-state index >= 15 is 0 Å². The standard InChI is InChI=1S/C16H11N5OS/c22-15(13-8-17-5-6-18-13)21-16-20-14(9-23-16)11-7-19-12-4-2-1-3-10(11)12/h1-9,19H,(H,20,21,22). The molecule has 0 atom stereocenters. The number of para-hydroxylation sites is 1. The van der Waals surface area contributed by atoms with E-state index < -0.39 is 0 Å². The summed E-state index contributed by atoms with van der Waals surface area (Å²) in [7, 11) is 0. The molecule has 0 aliphatic carbocycles. The lowest BCUT2D eigenvalue weighted by atomic mass is 10.1. The van der Waals surface area contributed by atoms with E-state index in [9.17, 15) is 4.79 Å². The van der Waals surface area contributed by atoms with Crippen LogP contribution in [0.3, 0.4) is 0 Å². The zero-order chi connectivity index (χ0) is 15.6. The Morgan fingerprint density at radius 3 is 3.00 bits per heavy atom. The zero-order valence-corrected chi connectivity index (χ0v) is 12.7. The number of carbonyl (C=O) groups excluding carboxylic acids is 1. The molecule has 4 aromatic rings. The van der Waals surface area contributed by atoms with Crippen LogP contribution in [0.25, 0.3) is 22.2 Å². The number of aromatic amines is 1. The number of H-pyrrole nitrogens is 1. The van der Waals surface area contributed by atoms with E-state index in [0.717, 1.165) is 22.2 Å². The van der Waals surface area contributed by atoms with Crippen LogP contribution in [-0.2, 0) is 0 Å². The normalized spacial score (nSPS) is 10.8. The second-order valence-corrected chi connectivity index (χ2v) is 5.69. The summed E-state index contributed by atoms with van der Waals surface area (Å²) in [5.41, 5.74) is 3.15. The van der Waals surface area contributed by atoms with Gasteiger partial charge in [-0.2, -0.15) is 0 Å². The average Bonchev–Trinajstić information content (AvgIpc) is 3.22. The molecule has 23 heavy (non-hydrogen) atoms. The highest BCUT2D eigenvalue weighted by Crippen LogP contribution is 2.30. The summed E-state index contributed by atoms with van der Waals surface area (Å²) >= 11 is 1.37. The van der Waals surface area contributed by atoms with E-state index in [1.807, 2.05) is 35.8 Å². The van der Waals surface area contributed by atoms with E-state index in [2.05, 4.69) is 25.3 Å². The molecule has 1 amide bonds. The molecule has 0 spiro atoms. The van der Waals surface area contributed by atoms with E-state index in [1.165, 1.54) is 29.9 Å². The molecule has 3 heterocycles. The largest absolute Gasteiger partial charge is 0.360 e.